The van der Waals surface area contributed by atoms with E-state index in [9.17, 15) is 5.26 Å². The van der Waals surface area contributed by atoms with Crippen molar-refractivity contribution in [2.75, 3.05) is 0 Å². The second-order valence-electron chi connectivity index (χ2n) is 4.18. The van der Waals surface area contributed by atoms with E-state index in [0.717, 1.165) is 39.6 Å². The highest BCUT2D eigenvalue weighted by Crippen LogP contribution is 2.42. The van der Waals surface area contributed by atoms with Crippen molar-refractivity contribution in [3.63, 3.8) is 0 Å². The van der Waals surface area contributed by atoms with Gasteiger partial charge in [-0.1, -0.05) is 0 Å². The second-order valence-corrected chi connectivity index (χ2v) is 5.20. The second kappa shape index (κ2) is 3.42. The first-order chi connectivity index (χ1) is 7.75. The van der Waals surface area contributed by atoms with Crippen LogP contribution in [0.3, 0.4) is 0 Å². The van der Waals surface area contributed by atoms with Gasteiger partial charge in [0.25, 0.3) is 0 Å². The Labute approximate surface area is 106 Å². The minimum absolute atomic E-state index is 0.339. The summed E-state index contributed by atoms with van der Waals surface area (Å²) in [7, 11) is 0. The summed E-state index contributed by atoms with van der Waals surface area (Å²) in [6.45, 7) is 0. The summed E-state index contributed by atoms with van der Waals surface area (Å²) >= 11 is 2.19. The van der Waals surface area contributed by atoms with Crippen LogP contribution in [0.2, 0.25) is 0 Å². The third-order valence-corrected chi connectivity index (χ3v) is 4.13. The number of rotatable bonds is 1. The quantitative estimate of drug-likeness (QED) is 0.820. The van der Waals surface area contributed by atoms with Crippen molar-refractivity contribution in [3.05, 3.63) is 21.7 Å². The maximum absolute atomic E-state index is 9.27. The van der Waals surface area contributed by atoms with Gasteiger partial charge in [-0.15, -0.1) is 0 Å². The summed E-state index contributed by atoms with van der Waals surface area (Å²) in [6, 6.07) is 4.41. The Morgan fingerprint density at radius 1 is 1.50 bits per heavy atom. The number of nitriles is 1. The van der Waals surface area contributed by atoms with Gasteiger partial charge < -0.3 is 0 Å². The van der Waals surface area contributed by atoms with Crippen LogP contribution in [-0.2, 0) is 5.41 Å². The van der Waals surface area contributed by atoms with Crippen LogP contribution in [0, 0.1) is 15.0 Å². The monoisotopic (exact) mass is 324 g/mol. The van der Waals surface area contributed by atoms with Crippen molar-refractivity contribution in [1.29, 1.82) is 5.26 Å². The minimum Gasteiger partial charge on any atom is -0.275 e. The van der Waals surface area contributed by atoms with E-state index in [1.165, 1.54) is 0 Å². The van der Waals surface area contributed by atoms with Gasteiger partial charge in [0, 0.05) is 5.39 Å². The zero-order valence-corrected chi connectivity index (χ0v) is 10.7. The molecule has 0 aliphatic heterocycles. The third kappa shape index (κ3) is 1.26. The highest BCUT2D eigenvalue weighted by Gasteiger charge is 2.40. The standard InChI is InChI=1S/C11H9IN4/c12-10-7-4-9(11(6-13)2-1-3-11)14-5-8(7)15-16-10/h4-5H,1-3H2,(H,15,16). The first-order valence-electron chi connectivity index (χ1n) is 5.16. The Kier molecular flexibility index (Phi) is 2.14. The fourth-order valence-corrected chi connectivity index (χ4v) is 2.67. The van der Waals surface area contributed by atoms with Gasteiger partial charge in [0.1, 0.15) is 3.70 Å². The fraction of sp³-hybridized carbons (Fsp3) is 0.364. The summed E-state index contributed by atoms with van der Waals surface area (Å²) in [5, 5.41) is 17.4. The number of halogens is 1. The molecule has 1 aliphatic carbocycles. The largest absolute Gasteiger partial charge is 0.275 e. The molecule has 0 saturated heterocycles. The van der Waals surface area contributed by atoms with Crippen LogP contribution in [0.5, 0.6) is 0 Å². The van der Waals surface area contributed by atoms with E-state index < -0.39 is 0 Å². The molecule has 0 aromatic carbocycles. The van der Waals surface area contributed by atoms with Gasteiger partial charge in [0.05, 0.1) is 28.9 Å². The lowest BCUT2D eigenvalue weighted by molar-refractivity contribution is 0.316. The summed E-state index contributed by atoms with van der Waals surface area (Å²) in [6.07, 6.45) is 4.75. The van der Waals surface area contributed by atoms with Gasteiger partial charge in [-0.25, -0.2) is 0 Å². The summed E-state index contributed by atoms with van der Waals surface area (Å²) in [5.74, 6) is 0. The molecule has 5 heteroatoms. The Hall–Kier alpha value is -1.16. The predicted octanol–water partition coefficient (Wildman–Crippen LogP) is 2.51. The molecule has 1 saturated carbocycles. The van der Waals surface area contributed by atoms with Crippen LogP contribution in [-0.4, -0.2) is 15.2 Å². The zero-order chi connectivity index (χ0) is 11.2. The average Bonchev–Trinajstić information content (AvgIpc) is 2.60. The van der Waals surface area contributed by atoms with Gasteiger partial charge in [0.15, 0.2) is 0 Å². The predicted molar refractivity (Wildman–Crippen MR) is 67.7 cm³/mol. The number of pyridine rings is 1. The first-order valence-corrected chi connectivity index (χ1v) is 6.24. The van der Waals surface area contributed by atoms with Crippen molar-refractivity contribution in [1.82, 2.24) is 15.2 Å². The molecule has 1 fully saturated rings. The number of aromatic nitrogens is 3. The van der Waals surface area contributed by atoms with Crippen LogP contribution in [0.25, 0.3) is 10.9 Å². The molecule has 4 nitrogen and oxygen atoms in total. The molecule has 16 heavy (non-hydrogen) atoms. The Balaban J connectivity index is 2.18. The topological polar surface area (TPSA) is 65.4 Å². The van der Waals surface area contributed by atoms with Crippen molar-refractivity contribution >= 4 is 33.5 Å². The number of nitrogens with one attached hydrogen (secondary N) is 1. The van der Waals surface area contributed by atoms with Crippen LogP contribution >= 0.6 is 22.6 Å². The average molecular weight is 324 g/mol. The molecule has 0 spiro atoms. The highest BCUT2D eigenvalue weighted by atomic mass is 127. The number of fused-ring (bicyclic) bond motifs is 1. The van der Waals surface area contributed by atoms with Gasteiger partial charge in [-0.2, -0.15) is 10.4 Å². The third-order valence-electron chi connectivity index (χ3n) is 3.31. The number of nitrogens with zero attached hydrogens (tertiary/aromatic N) is 3. The molecule has 2 aromatic heterocycles. The maximum atomic E-state index is 9.27. The van der Waals surface area contributed by atoms with Crippen molar-refractivity contribution in [3.8, 4) is 6.07 Å². The molecule has 0 atom stereocenters. The minimum atomic E-state index is -0.339. The molecule has 0 amide bonds. The molecule has 0 unspecified atom stereocenters. The van der Waals surface area contributed by atoms with E-state index in [1.54, 1.807) is 6.20 Å². The lowest BCUT2D eigenvalue weighted by Crippen LogP contribution is -2.33. The van der Waals surface area contributed by atoms with Gasteiger partial charge >= 0.3 is 0 Å². The van der Waals surface area contributed by atoms with E-state index in [-0.39, 0.29) is 5.41 Å². The summed E-state index contributed by atoms with van der Waals surface area (Å²) in [5.41, 5.74) is 1.49. The molecular weight excluding hydrogens is 315 g/mol. The lowest BCUT2D eigenvalue weighted by atomic mass is 9.67. The van der Waals surface area contributed by atoms with Gasteiger partial charge in [-0.3, -0.25) is 10.1 Å². The molecule has 2 aromatic rings. The molecule has 1 aliphatic rings. The molecule has 80 valence electrons. The van der Waals surface area contributed by atoms with E-state index in [2.05, 4.69) is 43.8 Å². The first kappa shape index (κ1) is 10.0. The zero-order valence-electron chi connectivity index (χ0n) is 8.50. The van der Waals surface area contributed by atoms with Crippen LogP contribution in [0.4, 0.5) is 0 Å². The molecule has 2 heterocycles. The summed E-state index contributed by atoms with van der Waals surface area (Å²) < 4.78 is 0.934. The maximum Gasteiger partial charge on any atom is 0.131 e. The molecule has 3 rings (SSSR count). The van der Waals surface area contributed by atoms with E-state index in [4.69, 9.17) is 0 Å². The summed E-state index contributed by atoms with van der Waals surface area (Å²) in [4.78, 5) is 4.39. The number of hydrogen-bond acceptors (Lipinski definition) is 3. The Morgan fingerprint density at radius 3 is 2.94 bits per heavy atom. The van der Waals surface area contributed by atoms with Crippen LogP contribution < -0.4 is 0 Å². The molecule has 0 bridgehead atoms. The number of aromatic amines is 1. The Bertz CT molecular complexity index is 592. The van der Waals surface area contributed by atoms with Crippen LogP contribution in [0.15, 0.2) is 12.3 Å². The van der Waals surface area contributed by atoms with E-state index >= 15 is 0 Å². The fourth-order valence-electron chi connectivity index (χ4n) is 2.10. The SMILES string of the molecule is N#CC1(c2cc3c(I)n[nH]c3cn2)CCC1. The van der Waals surface area contributed by atoms with Crippen molar-refractivity contribution in [2.45, 2.75) is 24.7 Å². The van der Waals surface area contributed by atoms with E-state index in [1.807, 2.05) is 6.07 Å². The number of H-pyrrole nitrogens is 1. The van der Waals surface area contributed by atoms with Gasteiger partial charge in [-0.05, 0) is 47.9 Å². The number of hydrogen-bond donors (Lipinski definition) is 1. The smallest absolute Gasteiger partial charge is 0.131 e. The Morgan fingerprint density at radius 2 is 2.31 bits per heavy atom. The van der Waals surface area contributed by atoms with Crippen molar-refractivity contribution < 1.29 is 0 Å². The molecule has 1 N–H and O–H groups in total. The normalized spacial score (nSPS) is 18.0. The molecule has 0 radical (unpaired) electrons. The van der Waals surface area contributed by atoms with Crippen molar-refractivity contribution in [2.24, 2.45) is 0 Å². The van der Waals surface area contributed by atoms with Crippen LogP contribution in [0.1, 0.15) is 25.0 Å². The van der Waals surface area contributed by atoms with E-state index in [0.29, 0.717) is 0 Å². The highest BCUT2D eigenvalue weighted by molar-refractivity contribution is 14.1. The van der Waals surface area contributed by atoms with Gasteiger partial charge in [0.2, 0.25) is 0 Å². The molecular formula is C11H9IN4. The lowest BCUT2D eigenvalue weighted by Gasteiger charge is -2.34.